The van der Waals surface area contributed by atoms with Gasteiger partial charge in [0.25, 0.3) is 0 Å². The zero-order chi connectivity index (χ0) is 12.9. The Labute approximate surface area is 111 Å². The summed E-state index contributed by atoms with van der Waals surface area (Å²) in [7, 11) is 0. The Hall–Kier alpha value is -0.570. The van der Waals surface area contributed by atoms with Crippen molar-refractivity contribution in [3.8, 4) is 0 Å². The molecule has 3 heteroatoms. The smallest absolute Gasteiger partial charge is 0.305 e. The molecular weight excluding hydrogens is 228 g/mol. The van der Waals surface area contributed by atoms with E-state index in [2.05, 4.69) is 0 Å². The van der Waals surface area contributed by atoms with Crippen LogP contribution in [0.1, 0.15) is 70.6 Å². The van der Waals surface area contributed by atoms with Crippen molar-refractivity contribution >= 4 is 5.97 Å². The fourth-order valence-corrected chi connectivity index (χ4v) is 2.28. The molecule has 0 atom stereocenters. The van der Waals surface area contributed by atoms with E-state index in [0.717, 1.165) is 25.9 Å². The Bertz CT molecular complexity index is 184. The molecule has 1 saturated heterocycles. The lowest BCUT2D eigenvalue weighted by Gasteiger charge is -2.05. The van der Waals surface area contributed by atoms with Crippen molar-refractivity contribution in [3.63, 3.8) is 0 Å². The minimum atomic E-state index is -0.0667. The highest BCUT2D eigenvalue weighted by Gasteiger charge is 2.02. The summed E-state index contributed by atoms with van der Waals surface area (Å²) in [5, 5.41) is 0. The van der Waals surface area contributed by atoms with Gasteiger partial charge in [0.05, 0.1) is 6.61 Å². The van der Waals surface area contributed by atoms with Crippen LogP contribution in [0, 0.1) is 0 Å². The van der Waals surface area contributed by atoms with Gasteiger partial charge in [0, 0.05) is 13.0 Å². The highest BCUT2D eigenvalue weighted by Crippen LogP contribution is 2.11. The van der Waals surface area contributed by atoms with Gasteiger partial charge >= 0.3 is 5.97 Å². The fraction of sp³-hybridized carbons (Fsp3) is 0.933. The molecular formula is C15H28O3. The molecule has 18 heavy (non-hydrogen) atoms. The molecule has 1 rings (SSSR count). The van der Waals surface area contributed by atoms with Gasteiger partial charge in [-0.15, -0.1) is 0 Å². The van der Waals surface area contributed by atoms with Crippen LogP contribution < -0.4 is 0 Å². The topological polar surface area (TPSA) is 35.5 Å². The molecule has 0 spiro atoms. The summed E-state index contributed by atoms with van der Waals surface area (Å²) >= 11 is 0. The van der Waals surface area contributed by atoms with Crippen molar-refractivity contribution in [2.45, 2.75) is 70.6 Å². The number of hydrogen-bond acceptors (Lipinski definition) is 3. The zero-order valence-corrected chi connectivity index (χ0v) is 11.6. The van der Waals surface area contributed by atoms with Crippen molar-refractivity contribution in [3.05, 3.63) is 0 Å². The number of rotatable bonds is 0. The van der Waals surface area contributed by atoms with Crippen molar-refractivity contribution in [1.29, 1.82) is 0 Å². The van der Waals surface area contributed by atoms with Gasteiger partial charge < -0.3 is 9.47 Å². The zero-order valence-electron chi connectivity index (χ0n) is 11.6. The van der Waals surface area contributed by atoms with Crippen LogP contribution >= 0.6 is 0 Å². The Morgan fingerprint density at radius 3 is 1.83 bits per heavy atom. The normalized spacial score (nSPS) is 23.0. The van der Waals surface area contributed by atoms with Crippen LogP contribution in [0.3, 0.4) is 0 Å². The summed E-state index contributed by atoms with van der Waals surface area (Å²) in [5.41, 5.74) is 0. The van der Waals surface area contributed by atoms with Gasteiger partial charge in [-0.2, -0.15) is 0 Å². The molecule has 1 aliphatic rings. The van der Waals surface area contributed by atoms with E-state index in [-0.39, 0.29) is 5.97 Å². The quantitative estimate of drug-likeness (QED) is 0.617. The van der Waals surface area contributed by atoms with Crippen LogP contribution in [0.15, 0.2) is 0 Å². The van der Waals surface area contributed by atoms with Gasteiger partial charge in [0.1, 0.15) is 6.61 Å². The Kier molecular flexibility index (Phi) is 9.91. The molecule has 0 aromatic heterocycles. The minimum Gasteiger partial charge on any atom is -0.463 e. The van der Waals surface area contributed by atoms with Crippen molar-refractivity contribution in [2.75, 3.05) is 19.8 Å². The Morgan fingerprint density at radius 2 is 1.17 bits per heavy atom. The van der Waals surface area contributed by atoms with Crippen LogP contribution in [-0.4, -0.2) is 25.8 Å². The predicted octanol–water partition coefficient (Wildman–Crippen LogP) is 3.85. The molecule has 3 nitrogen and oxygen atoms in total. The molecule has 0 radical (unpaired) electrons. The fourth-order valence-electron chi connectivity index (χ4n) is 2.28. The average molecular weight is 256 g/mol. The maximum atomic E-state index is 11.4. The molecule has 0 aromatic carbocycles. The maximum absolute atomic E-state index is 11.4. The number of ether oxygens (including phenoxy) is 2. The van der Waals surface area contributed by atoms with Crippen LogP contribution in [0.25, 0.3) is 0 Å². The first-order valence-corrected chi connectivity index (χ1v) is 7.63. The number of esters is 1. The van der Waals surface area contributed by atoms with Gasteiger partial charge in [0.2, 0.25) is 0 Å². The first kappa shape index (κ1) is 15.5. The average Bonchev–Trinajstić information content (AvgIpc) is 2.37. The minimum absolute atomic E-state index is 0.0667. The van der Waals surface area contributed by atoms with Gasteiger partial charge in [-0.05, 0) is 12.8 Å². The second kappa shape index (κ2) is 11.5. The first-order valence-electron chi connectivity index (χ1n) is 7.63. The van der Waals surface area contributed by atoms with E-state index in [1.54, 1.807) is 0 Å². The van der Waals surface area contributed by atoms with Gasteiger partial charge in [-0.25, -0.2) is 0 Å². The van der Waals surface area contributed by atoms with E-state index < -0.39 is 0 Å². The second-order valence-electron chi connectivity index (χ2n) is 5.12. The molecule has 0 amide bonds. The molecule has 0 unspecified atom stereocenters. The van der Waals surface area contributed by atoms with Crippen LogP contribution in [-0.2, 0) is 14.3 Å². The van der Waals surface area contributed by atoms with Crippen molar-refractivity contribution < 1.29 is 14.3 Å². The van der Waals surface area contributed by atoms with Gasteiger partial charge in [0.15, 0.2) is 0 Å². The Morgan fingerprint density at radius 1 is 0.611 bits per heavy atom. The predicted molar refractivity (Wildman–Crippen MR) is 72.6 cm³/mol. The lowest BCUT2D eigenvalue weighted by atomic mass is 10.1. The summed E-state index contributed by atoms with van der Waals surface area (Å²) in [4.78, 5) is 11.4. The summed E-state index contributed by atoms with van der Waals surface area (Å²) in [6, 6.07) is 0. The van der Waals surface area contributed by atoms with E-state index in [1.165, 1.54) is 44.9 Å². The van der Waals surface area contributed by atoms with E-state index in [1.807, 2.05) is 0 Å². The standard InChI is InChI=1S/C15H28O3/c16-15-11-9-7-5-3-1-2-4-6-8-10-12-17-13-14-18-15/h1-14H2. The van der Waals surface area contributed by atoms with Crippen LogP contribution in [0.2, 0.25) is 0 Å². The molecule has 0 N–H and O–H groups in total. The number of cyclic esters (lactones) is 1. The monoisotopic (exact) mass is 256 g/mol. The summed E-state index contributed by atoms with van der Waals surface area (Å²) in [6.45, 7) is 1.77. The second-order valence-corrected chi connectivity index (χ2v) is 5.12. The molecule has 0 aliphatic carbocycles. The van der Waals surface area contributed by atoms with Crippen LogP contribution in [0.5, 0.6) is 0 Å². The largest absolute Gasteiger partial charge is 0.463 e. The lowest BCUT2D eigenvalue weighted by molar-refractivity contribution is -0.145. The maximum Gasteiger partial charge on any atom is 0.305 e. The molecule has 1 aliphatic heterocycles. The molecule has 1 heterocycles. The molecule has 106 valence electrons. The Balaban J connectivity index is 2.11. The SMILES string of the molecule is O=C1CCCCCCCCCCCCOCCO1. The number of carbonyl (C=O) groups is 1. The molecule has 0 aromatic rings. The summed E-state index contributed by atoms with van der Waals surface area (Å²) < 4.78 is 10.5. The molecule has 0 saturated carbocycles. The van der Waals surface area contributed by atoms with E-state index in [0.29, 0.717) is 19.6 Å². The lowest BCUT2D eigenvalue weighted by Crippen LogP contribution is -2.10. The first-order chi connectivity index (χ1) is 8.89. The summed E-state index contributed by atoms with van der Waals surface area (Å²) in [5.74, 6) is -0.0667. The molecule has 0 bridgehead atoms. The third-order valence-electron chi connectivity index (χ3n) is 3.41. The molecule has 1 fully saturated rings. The van der Waals surface area contributed by atoms with E-state index in [9.17, 15) is 4.79 Å². The third-order valence-corrected chi connectivity index (χ3v) is 3.41. The van der Waals surface area contributed by atoms with Crippen LogP contribution in [0.4, 0.5) is 0 Å². The number of hydrogen-bond donors (Lipinski definition) is 0. The third kappa shape index (κ3) is 9.46. The van der Waals surface area contributed by atoms with Crippen molar-refractivity contribution in [2.24, 2.45) is 0 Å². The van der Waals surface area contributed by atoms with E-state index in [4.69, 9.17) is 9.47 Å². The van der Waals surface area contributed by atoms with Gasteiger partial charge in [-0.3, -0.25) is 4.79 Å². The highest BCUT2D eigenvalue weighted by molar-refractivity contribution is 5.69. The van der Waals surface area contributed by atoms with E-state index >= 15 is 0 Å². The number of carbonyl (C=O) groups excluding carboxylic acids is 1. The van der Waals surface area contributed by atoms with Gasteiger partial charge in [-0.1, -0.05) is 51.4 Å². The van der Waals surface area contributed by atoms with Crippen molar-refractivity contribution in [1.82, 2.24) is 0 Å². The summed E-state index contributed by atoms with van der Waals surface area (Å²) in [6.07, 6.45) is 13.1. The highest BCUT2D eigenvalue weighted by atomic mass is 16.6.